The Balaban J connectivity index is 2.00. The monoisotopic (exact) mass is 360 g/mol. The average molecular weight is 360 g/mol. The lowest BCUT2D eigenvalue weighted by Gasteiger charge is -2.45. The molecule has 2 aliphatic heterocycles. The quantitative estimate of drug-likeness (QED) is 0.806. The Morgan fingerprint density at radius 3 is 1.88 bits per heavy atom. The molecule has 0 radical (unpaired) electrons. The van der Waals surface area contributed by atoms with Gasteiger partial charge in [-0.15, -0.1) is 0 Å². The second-order valence-electron chi connectivity index (χ2n) is 8.21. The molecule has 0 amide bonds. The molecule has 0 spiro atoms. The molecule has 5 nitrogen and oxygen atoms in total. The van der Waals surface area contributed by atoms with E-state index in [1.165, 1.54) is 5.56 Å². The normalized spacial score (nSPS) is 22.7. The molecule has 0 N–H and O–H groups in total. The lowest BCUT2D eigenvalue weighted by atomic mass is 9.80. The molecule has 2 fully saturated rings. The highest BCUT2D eigenvalue weighted by molar-refractivity contribution is 5.89. The van der Waals surface area contributed by atoms with Gasteiger partial charge in [0, 0.05) is 31.6 Å². The molecule has 2 atom stereocenters. The van der Waals surface area contributed by atoms with Gasteiger partial charge in [-0.2, -0.15) is 0 Å². The topological polar surface area (TPSA) is 42.0 Å². The van der Waals surface area contributed by atoms with Crippen molar-refractivity contribution in [3.05, 3.63) is 35.9 Å². The van der Waals surface area contributed by atoms with E-state index in [0.717, 1.165) is 39.4 Å². The second-order valence-corrected chi connectivity index (χ2v) is 8.21. The zero-order valence-corrected chi connectivity index (χ0v) is 16.3. The van der Waals surface area contributed by atoms with Gasteiger partial charge >= 0.3 is 0 Å². The Kier molecular flexibility index (Phi) is 6.46. The maximum absolute atomic E-state index is 13.6. The van der Waals surface area contributed by atoms with Crippen LogP contribution in [-0.4, -0.2) is 74.2 Å². The predicted molar refractivity (Wildman–Crippen MR) is 102 cm³/mol. The summed E-state index contributed by atoms with van der Waals surface area (Å²) in [5.41, 5.74) is 0.825. The first-order chi connectivity index (χ1) is 12.5. The number of morpholine rings is 2. The third-order valence-electron chi connectivity index (χ3n) is 5.33. The van der Waals surface area contributed by atoms with Gasteiger partial charge in [-0.05, 0) is 5.56 Å². The van der Waals surface area contributed by atoms with Gasteiger partial charge in [0.15, 0.2) is 5.78 Å². The van der Waals surface area contributed by atoms with Crippen molar-refractivity contribution in [3.8, 4) is 0 Å². The molecule has 0 saturated carbocycles. The molecular weight excluding hydrogens is 328 g/mol. The molecule has 5 heteroatoms. The Morgan fingerprint density at radius 2 is 1.38 bits per heavy atom. The summed E-state index contributed by atoms with van der Waals surface area (Å²) < 4.78 is 11.1. The van der Waals surface area contributed by atoms with Crippen molar-refractivity contribution in [1.82, 2.24) is 9.80 Å². The number of ketones is 1. The third kappa shape index (κ3) is 4.52. The zero-order valence-electron chi connectivity index (χ0n) is 16.3. The van der Waals surface area contributed by atoms with Gasteiger partial charge in [0.2, 0.25) is 0 Å². The van der Waals surface area contributed by atoms with Crippen molar-refractivity contribution in [1.29, 1.82) is 0 Å². The highest BCUT2D eigenvalue weighted by atomic mass is 16.5. The molecule has 0 aromatic heterocycles. The van der Waals surface area contributed by atoms with Crippen molar-refractivity contribution in [3.63, 3.8) is 0 Å². The summed E-state index contributed by atoms with van der Waals surface area (Å²) in [7, 11) is 0. The van der Waals surface area contributed by atoms with E-state index in [4.69, 9.17) is 9.47 Å². The Hall–Kier alpha value is -1.27. The van der Waals surface area contributed by atoms with E-state index in [1.54, 1.807) is 0 Å². The molecule has 144 valence electrons. The highest BCUT2D eigenvalue weighted by Gasteiger charge is 2.42. The van der Waals surface area contributed by atoms with Crippen molar-refractivity contribution >= 4 is 5.78 Å². The molecule has 0 aliphatic carbocycles. The third-order valence-corrected chi connectivity index (χ3v) is 5.33. The Labute approximate surface area is 157 Å². The molecule has 3 rings (SSSR count). The van der Waals surface area contributed by atoms with Crippen molar-refractivity contribution in [2.24, 2.45) is 5.41 Å². The van der Waals surface area contributed by atoms with E-state index in [2.05, 4.69) is 34.1 Å². The Morgan fingerprint density at radius 1 is 0.885 bits per heavy atom. The van der Waals surface area contributed by atoms with Gasteiger partial charge in [0.05, 0.1) is 38.5 Å². The summed E-state index contributed by atoms with van der Waals surface area (Å²) in [5.74, 6) is 0.305. The van der Waals surface area contributed by atoms with Crippen LogP contribution in [0, 0.1) is 5.41 Å². The number of carbonyl (C=O) groups excluding carboxylic acids is 1. The number of nitrogens with zero attached hydrogens (tertiary/aromatic N) is 2. The number of Topliss-reactive ketones (excluding diaryl/α,β-unsaturated/α-hetero) is 1. The van der Waals surface area contributed by atoms with E-state index in [9.17, 15) is 4.79 Å². The fourth-order valence-corrected chi connectivity index (χ4v) is 3.91. The van der Waals surface area contributed by atoms with Gasteiger partial charge in [-0.3, -0.25) is 14.6 Å². The SMILES string of the molecule is CC(C)(C)C(=O)[C@H]([C@H](c1ccccc1)N1CCOCC1)N1CCOCC1. The number of benzene rings is 1. The fraction of sp³-hybridized carbons (Fsp3) is 0.667. The lowest BCUT2D eigenvalue weighted by molar-refractivity contribution is -0.138. The zero-order chi connectivity index (χ0) is 18.6. The van der Waals surface area contributed by atoms with Crippen LogP contribution in [0.4, 0.5) is 0 Å². The maximum Gasteiger partial charge on any atom is 0.157 e. The summed E-state index contributed by atoms with van der Waals surface area (Å²) in [4.78, 5) is 18.4. The molecule has 26 heavy (non-hydrogen) atoms. The van der Waals surface area contributed by atoms with Crippen LogP contribution in [0.15, 0.2) is 30.3 Å². The molecule has 1 aromatic rings. The standard InChI is InChI=1S/C21H32N2O3/c1-21(2,3)20(24)19(23-11-15-26-16-12-23)18(17-7-5-4-6-8-17)22-9-13-25-14-10-22/h4-8,18-19H,9-16H2,1-3H3/t18-,19-/m0/s1. The molecule has 2 saturated heterocycles. The minimum absolute atomic E-state index is 0.0462. The second kappa shape index (κ2) is 8.61. The van der Waals surface area contributed by atoms with Crippen molar-refractivity contribution < 1.29 is 14.3 Å². The van der Waals surface area contributed by atoms with E-state index in [-0.39, 0.29) is 17.5 Å². The summed E-state index contributed by atoms with van der Waals surface area (Å²) >= 11 is 0. The van der Waals surface area contributed by atoms with Crippen LogP contribution in [0.1, 0.15) is 32.4 Å². The average Bonchev–Trinajstić information content (AvgIpc) is 2.67. The summed E-state index contributed by atoms with van der Waals surface area (Å²) in [6, 6.07) is 10.4. The van der Waals surface area contributed by atoms with Crippen LogP contribution in [0.2, 0.25) is 0 Å². The van der Waals surface area contributed by atoms with Gasteiger partial charge < -0.3 is 9.47 Å². The molecular formula is C21H32N2O3. The van der Waals surface area contributed by atoms with Gasteiger partial charge in [-0.25, -0.2) is 0 Å². The van der Waals surface area contributed by atoms with Crippen LogP contribution in [0.5, 0.6) is 0 Å². The predicted octanol–water partition coefficient (Wildman–Crippen LogP) is 2.38. The van der Waals surface area contributed by atoms with Gasteiger partial charge in [-0.1, -0.05) is 51.1 Å². The van der Waals surface area contributed by atoms with Crippen molar-refractivity contribution in [2.75, 3.05) is 52.6 Å². The fourth-order valence-electron chi connectivity index (χ4n) is 3.91. The number of hydrogen-bond donors (Lipinski definition) is 0. The largest absolute Gasteiger partial charge is 0.379 e. The summed E-state index contributed by atoms with van der Waals surface area (Å²) in [6.07, 6.45) is 0. The molecule has 2 heterocycles. The van der Waals surface area contributed by atoms with E-state index in [1.807, 2.05) is 26.8 Å². The van der Waals surface area contributed by atoms with Gasteiger partial charge in [0.25, 0.3) is 0 Å². The Bertz CT molecular complexity index is 573. The van der Waals surface area contributed by atoms with Crippen LogP contribution in [0.3, 0.4) is 0 Å². The van der Waals surface area contributed by atoms with E-state index in [0.29, 0.717) is 19.0 Å². The van der Waals surface area contributed by atoms with Crippen LogP contribution in [-0.2, 0) is 14.3 Å². The lowest BCUT2D eigenvalue weighted by Crippen LogP contribution is -2.57. The number of rotatable bonds is 5. The molecule has 2 aliphatic rings. The number of hydrogen-bond acceptors (Lipinski definition) is 5. The first kappa shape index (κ1) is 19.5. The van der Waals surface area contributed by atoms with Crippen LogP contribution in [0.25, 0.3) is 0 Å². The van der Waals surface area contributed by atoms with Crippen molar-refractivity contribution in [2.45, 2.75) is 32.9 Å². The molecule has 1 aromatic carbocycles. The van der Waals surface area contributed by atoms with Crippen LogP contribution < -0.4 is 0 Å². The van der Waals surface area contributed by atoms with Gasteiger partial charge in [0.1, 0.15) is 0 Å². The summed E-state index contributed by atoms with van der Waals surface area (Å²) in [6.45, 7) is 12.3. The number of carbonyl (C=O) groups is 1. The summed E-state index contributed by atoms with van der Waals surface area (Å²) in [5, 5.41) is 0. The highest BCUT2D eigenvalue weighted by Crippen LogP contribution is 2.33. The van der Waals surface area contributed by atoms with Crippen LogP contribution >= 0.6 is 0 Å². The first-order valence-corrected chi connectivity index (χ1v) is 9.71. The molecule has 0 unspecified atom stereocenters. The first-order valence-electron chi connectivity index (χ1n) is 9.71. The molecule has 0 bridgehead atoms. The minimum Gasteiger partial charge on any atom is -0.379 e. The smallest absolute Gasteiger partial charge is 0.157 e. The van der Waals surface area contributed by atoms with E-state index >= 15 is 0 Å². The number of ether oxygens (including phenoxy) is 2. The van der Waals surface area contributed by atoms with E-state index < -0.39 is 0 Å². The minimum atomic E-state index is -0.387. The maximum atomic E-state index is 13.6.